The molecule has 1 aliphatic heterocycles. The van der Waals surface area contributed by atoms with Crippen LogP contribution in [0.25, 0.3) is 10.9 Å². The van der Waals surface area contributed by atoms with Gasteiger partial charge in [0.2, 0.25) is 0 Å². The summed E-state index contributed by atoms with van der Waals surface area (Å²) in [5.74, 6) is 0.780. The average molecular weight is 491 g/mol. The average Bonchev–Trinajstić information content (AvgIpc) is 3.33. The summed E-state index contributed by atoms with van der Waals surface area (Å²) in [6.45, 7) is 6.25. The van der Waals surface area contributed by atoms with E-state index in [-0.39, 0.29) is 11.7 Å². The van der Waals surface area contributed by atoms with Crippen LogP contribution in [0, 0.1) is 12.7 Å². The summed E-state index contributed by atoms with van der Waals surface area (Å²) in [6, 6.07) is 5.22. The van der Waals surface area contributed by atoms with Gasteiger partial charge in [0.1, 0.15) is 23.6 Å². The molecule has 2 heterocycles. The minimum absolute atomic E-state index is 0.133. The van der Waals surface area contributed by atoms with Crippen molar-refractivity contribution >= 4 is 16.7 Å². The Morgan fingerprint density at radius 3 is 2.49 bits per heavy atom. The Bertz CT molecular complexity index is 1280. The molecule has 0 aliphatic carbocycles. The van der Waals surface area contributed by atoms with Gasteiger partial charge >= 0.3 is 6.18 Å². The Labute approximate surface area is 199 Å². The molecule has 0 saturated heterocycles. The number of fused-ring (bicyclic) bond motifs is 1. The molecule has 1 N–H and O–H groups in total. The molecule has 35 heavy (non-hydrogen) atoms. The van der Waals surface area contributed by atoms with Gasteiger partial charge in [-0.05, 0) is 56.2 Å². The molecule has 0 fully saturated rings. The van der Waals surface area contributed by atoms with Crippen molar-refractivity contribution in [2.45, 2.75) is 39.1 Å². The van der Waals surface area contributed by atoms with Crippen molar-refractivity contribution in [1.29, 1.82) is 0 Å². The molecule has 10 heteroatoms. The van der Waals surface area contributed by atoms with Crippen molar-refractivity contribution in [1.82, 2.24) is 9.97 Å². The fourth-order valence-corrected chi connectivity index (χ4v) is 3.88. The summed E-state index contributed by atoms with van der Waals surface area (Å²) < 4.78 is 70.5. The highest BCUT2D eigenvalue weighted by Crippen LogP contribution is 2.37. The van der Waals surface area contributed by atoms with Crippen molar-refractivity contribution in [2.75, 3.05) is 25.6 Å². The summed E-state index contributed by atoms with van der Waals surface area (Å²) in [5, 5.41) is 3.69. The number of benzene rings is 2. The third-order valence-corrected chi connectivity index (χ3v) is 5.75. The molecule has 0 spiro atoms. The first-order chi connectivity index (χ1) is 16.5. The maximum absolute atomic E-state index is 14.0. The summed E-state index contributed by atoms with van der Waals surface area (Å²) in [5.41, 5.74) is 0.645. The van der Waals surface area contributed by atoms with Gasteiger partial charge in [0.25, 0.3) is 0 Å². The lowest BCUT2D eigenvalue weighted by Gasteiger charge is -2.21. The second kappa shape index (κ2) is 9.69. The van der Waals surface area contributed by atoms with Crippen LogP contribution in [0.1, 0.15) is 36.8 Å². The quantitative estimate of drug-likeness (QED) is 0.323. The van der Waals surface area contributed by atoms with Crippen LogP contribution in [-0.4, -0.2) is 36.4 Å². The minimum Gasteiger partial charge on any atom is -0.493 e. The van der Waals surface area contributed by atoms with Gasteiger partial charge in [0.05, 0.1) is 37.4 Å². The van der Waals surface area contributed by atoms with Gasteiger partial charge in [0.15, 0.2) is 11.5 Å². The number of hydrogen-bond donors (Lipinski definition) is 1. The lowest BCUT2D eigenvalue weighted by molar-refractivity contribution is -0.137. The standard InChI is InChI=1S/C25H25F4N3O3/c1-13(17-7-18(25(27,28)29)9-19(26)8-17)30-24-20-10-23(35-14(2)16-5-6-34-12-16)22(33-4)11-21(20)31-15(3)32-24/h5,7-11,13-14H,6,12H2,1-4H3,(H,30,31,32)/t13-,14?/m1/s1. The molecule has 186 valence electrons. The molecule has 6 nitrogen and oxygen atoms in total. The first kappa shape index (κ1) is 24.7. The van der Waals surface area contributed by atoms with Crippen molar-refractivity contribution in [3.63, 3.8) is 0 Å². The predicted molar refractivity (Wildman–Crippen MR) is 123 cm³/mol. The van der Waals surface area contributed by atoms with Gasteiger partial charge < -0.3 is 19.5 Å². The Morgan fingerprint density at radius 2 is 1.83 bits per heavy atom. The number of alkyl halides is 3. The van der Waals surface area contributed by atoms with Crippen LogP contribution in [0.5, 0.6) is 11.5 Å². The van der Waals surface area contributed by atoms with Crippen molar-refractivity contribution < 1.29 is 31.8 Å². The third kappa shape index (κ3) is 5.48. The van der Waals surface area contributed by atoms with Crippen LogP contribution < -0.4 is 14.8 Å². The van der Waals surface area contributed by atoms with E-state index < -0.39 is 23.6 Å². The number of nitrogens with one attached hydrogen (secondary N) is 1. The van der Waals surface area contributed by atoms with E-state index in [0.29, 0.717) is 53.3 Å². The maximum atomic E-state index is 14.0. The minimum atomic E-state index is -4.66. The molecule has 2 atom stereocenters. The van der Waals surface area contributed by atoms with E-state index in [0.717, 1.165) is 17.7 Å². The number of rotatable bonds is 7. The number of anilines is 1. The first-order valence-corrected chi connectivity index (χ1v) is 11.0. The number of aromatic nitrogens is 2. The van der Waals surface area contributed by atoms with E-state index in [1.807, 2.05) is 13.0 Å². The highest BCUT2D eigenvalue weighted by atomic mass is 19.4. The molecule has 1 aromatic heterocycles. The maximum Gasteiger partial charge on any atom is 0.416 e. The van der Waals surface area contributed by atoms with Crippen LogP contribution >= 0.6 is 0 Å². The van der Waals surface area contributed by atoms with Crippen LogP contribution in [0.3, 0.4) is 0 Å². The molecule has 0 radical (unpaired) electrons. The second-order valence-corrected chi connectivity index (χ2v) is 8.33. The number of hydrogen-bond acceptors (Lipinski definition) is 6. The molecule has 4 rings (SSSR count). The Morgan fingerprint density at radius 1 is 1.06 bits per heavy atom. The number of halogens is 4. The Hall–Kier alpha value is -3.40. The fourth-order valence-electron chi connectivity index (χ4n) is 3.88. The smallest absolute Gasteiger partial charge is 0.416 e. The van der Waals surface area contributed by atoms with E-state index >= 15 is 0 Å². The van der Waals surface area contributed by atoms with Crippen LogP contribution in [0.2, 0.25) is 0 Å². The van der Waals surface area contributed by atoms with Crippen LogP contribution in [0.15, 0.2) is 42.0 Å². The number of methoxy groups -OCH3 is 1. The van der Waals surface area contributed by atoms with Gasteiger partial charge in [-0.15, -0.1) is 0 Å². The lowest BCUT2D eigenvalue weighted by Crippen LogP contribution is -2.17. The molecule has 1 unspecified atom stereocenters. The Balaban J connectivity index is 1.71. The van der Waals surface area contributed by atoms with E-state index in [2.05, 4.69) is 15.3 Å². The topological polar surface area (TPSA) is 65.5 Å². The largest absolute Gasteiger partial charge is 0.493 e. The molecule has 0 bridgehead atoms. The number of aryl methyl sites for hydroxylation is 1. The molecule has 3 aromatic rings. The van der Waals surface area contributed by atoms with Crippen molar-refractivity contribution in [3.05, 3.63) is 64.7 Å². The van der Waals surface area contributed by atoms with Gasteiger partial charge in [-0.2, -0.15) is 13.2 Å². The van der Waals surface area contributed by atoms with Gasteiger partial charge in [-0.3, -0.25) is 0 Å². The van der Waals surface area contributed by atoms with Gasteiger partial charge in [-0.1, -0.05) is 6.08 Å². The van der Waals surface area contributed by atoms with E-state index in [1.165, 1.54) is 7.11 Å². The molecular formula is C25H25F4N3O3. The van der Waals surface area contributed by atoms with Crippen LogP contribution in [0.4, 0.5) is 23.4 Å². The predicted octanol–water partition coefficient (Wildman–Crippen LogP) is 6.00. The van der Waals surface area contributed by atoms with Gasteiger partial charge in [0, 0.05) is 11.5 Å². The number of ether oxygens (including phenoxy) is 3. The highest BCUT2D eigenvalue weighted by Gasteiger charge is 2.32. The normalized spacial score (nSPS) is 15.6. The molecule has 1 aliphatic rings. The summed E-state index contributed by atoms with van der Waals surface area (Å²) in [4.78, 5) is 8.90. The summed E-state index contributed by atoms with van der Waals surface area (Å²) in [6.07, 6.45) is -2.96. The molecular weight excluding hydrogens is 466 g/mol. The SMILES string of the molecule is COc1cc2nc(C)nc(N[C@H](C)c3cc(F)cc(C(F)(F)F)c3)c2cc1OC(C)C1=CCOC1. The monoisotopic (exact) mass is 491 g/mol. The van der Waals surface area contributed by atoms with E-state index in [1.54, 1.807) is 26.0 Å². The second-order valence-electron chi connectivity index (χ2n) is 8.33. The fraction of sp³-hybridized carbons (Fsp3) is 0.360. The van der Waals surface area contributed by atoms with Crippen molar-refractivity contribution in [2.24, 2.45) is 0 Å². The zero-order chi connectivity index (χ0) is 25.3. The molecule has 0 saturated carbocycles. The van der Waals surface area contributed by atoms with Gasteiger partial charge in [-0.25, -0.2) is 14.4 Å². The third-order valence-electron chi connectivity index (χ3n) is 5.75. The Kier molecular flexibility index (Phi) is 6.84. The molecule has 0 amide bonds. The zero-order valence-electron chi connectivity index (χ0n) is 19.7. The number of nitrogens with zero attached hydrogens (tertiary/aromatic N) is 2. The van der Waals surface area contributed by atoms with Crippen molar-refractivity contribution in [3.8, 4) is 11.5 Å². The zero-order valence-corrected chi connectivity index (χ0v) is 19.7. The van der Waals surface area contributed by atoms with E-state index in [4.69, 9.17) is 14.2 Å². The van der Waals surface area contributed by atoms with E-state index in [9.17, 15) is 17.6 Å². The lowest BCUT2D eigenvalue weighted by atomic mass is 10.0. The summed E-state index contributed by atoms with van der Waals surface area (Å²) in [7, 11) is 1.52. The van der Waals surface area contributed by atoms with Crippen LogP contribution in [-0.2, 0) is 10.9 Å². The molecule has 2 aromatic carbocycles. The highest BCUT2D eigenvalue weighted by molar-refractivity contribution is 5.92. The first-order valence-electron chi connectivity index (χ1n) is 11.0. The summed E-state index contributed by atoms with van der Waals surface area (Å²) >= 11 is 0.